The van der Waals surface area contributed by atoms with Crippen LogP contribution in [-0.2, 0) is 0 Å². The van der Waals surface area contributed by atoms with E-state index in [4.69, 9.17) is 23.2 Å². The van der Waals surface area contributed by atoms with Gasteiger partial charge in [0.05, 0.1) is 4.92 Å². The first-order valence-electron chi connectivity index (χ1n) is 5.81. The van der Waals surface area contributed by atoms with Crippen molar-refractivity contribution in [3.63, 3.8) is 0 Å². The van der Waals surface area contributed by atoms with Crippen LogP contribution in [0, 0.1) is 16.0 Å². The first-order chi connectivity index (χ1) is 9.01. The molecule has 2 rings (SSSR count). The molecule has 1 unspecified atom stereocenters. The monoisotopic (exact) mass is 302 g/mol. The van der Waals surface area contributed by atoms with E-state index in [2.05, 4.69) is 0 Å². The van der Waals surface area contributed by atoms with Gasteiger partial charge in [-0.2, -0.15) is 0 Å². The highest BCUT2D eigenvalue weighted by atomic mass is 35.5. The molecule has 5 nitrogen and oxygen atoms in total. The maximum Gasteiger partial charge on any atom is 0.271 e. The molecule has 1 fully saturated rings. The summed E-state index contributed by atoms with van der Waals surface area (Å²) in [5, 5.41) is 10.9. The number of likely N-dealkylation sites (tertiary alicyclic amines) is 1. The minimum atomic E-state index is -0.561. The molecular weight excluding hydrogens is 291 g/mol. The van der Waals surface area contributed by atoms with Gasteiger partial charge in [0.2, 0.25) is 0 Å². The lowest BCUT2D eigenvalue weighted by Gasteiger charge is -2.16. The standard InChI is InChI=1S/C12H12Cl2N2O3/c13-6-8-1-2-15(7-8)12(17)9-3-10(14)5-11(4-9)16(18)19/h3-5,8H,1-2,6-7H2. The number of nitro groups is 1. The number of rotatable bonds is 3. The summed E-state index contributed by atoms with van der Waals surface area (Å²) in [6.45, 7) is 1.21. The lowest BCUT2D eigenvalue weighted by Crippen LogP contribution is -2.28. The molecule has 0 N–H and O–H groups in total. The van der Waals surface area contributed by atoms with E-state index in [1.54, 1.807) is 4.90 Å². The van der Waals surface area contributed by atoms with Gasteiger partial charge in [0.15, 0.2) is 0 Å². The molecule has 1 atom stereocenters. The molecule has 1 aromatic carbocycles. The second-order valence-corrected chi connectivity index (χ2v) is 5.26. The second kappa shape index (κ2) is 5.75. The molecule has 0 saturated carbocycles. The highest BCUT2D eigenvalue weighted by Gasteiger charge is 2.27. The molecule has 0 aliphatic carbocycles. The number of carbonyl (C=O) groups is 1. The maximum atomic E-state index is 12.2. The molecule has 0 aromatic heterocycles. The number of nitrogens with zero attached hydrogens (tertiary/aromatic N) is 2. The first-order valence-corrected chi connectivity index (χ1v) is 6.72. The Kier molecular flexibility index (Phi) is 4.27. The number of hydrogen-bond donors (Lipinski definition) is 0. The fraction of sp³-hybridized carbons (Fsp3) is 0.417. The fourth-order valence-electron chi connectivity index (χ4n) is 2.13. The third kappa shape index (κ3) is 3.16. The SMILES string of the molecule is O=C(c1cc(Cl)cc([N+](=O)[O-])c1)N1CCC(CCl)C1. The van der Waals surface area contributed by atoms with Crippen LogP contribution in [0.25, 0.3) is 0 Å². The molecule has 1 aliphatic heterocycles. The van der Waals surface area contributed by atoms with Crippen LogP contribution in [0.2, 0.25) is 5.02 Å². The van der Waals surface area contributed by atoms with Crippen molar-refractivity contribution in [2.45, 2.75) is 6.42 Å². The van der Waals surface area contributed by atoms with Crippen LogP contribution in [0.3, 0.4) is 0 Å². The number of alkyl halides is 1. The van der Waals surface area contributed by atoms with Gasteiger partial charge >= 0.3 is 0 Å². The molecule has 102 valence electrons. The van der Waals surface area contributed by atoms with E-state index in [1.165, 1.54) is 18.2 Å². The average Bonchev–Trinajstić information content (AvgIpc) is 2.85. The number of non-ortho nitro benzene ring substituents is 1. The van der Waals surface area contributed by atoms with Crippen molar-refractivity contribution in [1.29, 1.82) is 0 Å². The third-order valence-corrected chi connectivity index (χ3v) is 3.79. The zero-order valence-electron chi connectivity index (χ0n) is 10.0. The number of nitro benzene ring substituents is 1. The van der Waals surface area contributed by atoms with Crippen molar-refractivity contribution < 1.29 is 9.72 Å². The minimum absolute atomic E-state index is 0.177. The van der Waals surface area contributed by atoms with E-state index in [0.717, 1.165) is 6.42 Å². The predicted molar refractivity (Wildman–Crippen MR) is 72.8 cm³/mol. The predicted octanol–water partition coefficient (Wildman–Crippen LogP) is 2.95. The van der Waals surface area contributed by atoms with E-state index < -0.39 is 4.92 Å². The summed E-state index contributed by atoms with van der Waals surface area (Å²) in [6, 6.07) is 3.93. The Bertz CT molecular complexity index is 522. The van der Waals surface area contributed by atoms with E-state index in [9.17, 15) is 14.9 Å². The number of benzene rings is 1. The molecule has 1 aliphatic rings. The highest BCUT2D eigenvalue weighted by Crippen LogP contribution is 2.24. The number of amides is 1. The zero-order chi connectivity index (χ0) is 14.0. The van der Waals surface area contributed by atoms with Crippen molar-refractivity contribution >= 4 is 34.8 Å². The Labute approximate surface area is 120 Å². The van der Waals surface area contributed by atoms with E-state index in [-0.39, 0.29) is 22.2 Å². The largest absolute Gasteiger partial charge is 0.338 e. The smallest absolute Gasteiger partial charge is 0.271 e. The summed E-state index contributed by atoms with van der Waals surface area (Å²) in [4.78, 5) is 24.1. The molecule has 1 amide bonds. The van der Waals surface area contributed by atoms with Crippen molar-refractivity contribution in [3.05, 3.63) is 38.9 Å². The third-order valence-electron chi connectivity index (χ3n) is 3.13. The molecule has 1 heterocycles. The fourth-order valence-corrected chi connectivity index (χ4v) is 2.61. The van der Waals surface area contributed by atoms with E-state index in [1.807, 2.05) is 0 Å². The van der Waals surface area contributed by atoms with Crippen molar-refractivity contribution in [2.24, 2.45) is 5.92 Å². The van der Waals surface area contributed by atoms with Gasteiger partial charge in [-0.25, -0.2) is 0 Å². The van der Waals surface area contributed by atoms with Crippen molar-refractivity contribution in [2.75, 3.05) is 19.0 Å². The van der Waals surface area contributed by atoms with Gasteiger partial charge in [-0.15, -0.1) is 11.6 Å². The van der Waals surface area contributed by atoms with Crippen molar-refractivity contribution in [3.8, 4) is 0 Å². The quantitative estimate of drug-likeness (QED) is 0.490. The van der Waals surface area contributed by atoms with Crippen LogP contribution in [0.15, 0.2) is 18.2 Å². The van der Waals surface area contributed by atoms with Gasteiger partial charge in [0, 0.05) is 41.7 Å². The molecule has 0 bridgehead atoms. The summed E-state index contributed by atoms with van der Waals surface area (Å²) in [5.74, 6) is 0.567. The minimum Gasteiger partial charge on any atom is -0.338 e. The molecule has 19 heavy (non-hydrogen) atoms. The molecule has 1 saturated heterocycles. The Morgan fingerprint density at radius 2 is 2.21 bits per heavy atom. The van der Waals surface area contributed by atoms with E-state index in [0.29, 0.717) is 24.9 Å². The van der Waals surface area contributed by atoms with Gasteiger partial charge in [-0.05, 0) is 18.4 Å². The average molecular weight is 303 g/mol. The zero-order valence-corrected chi connectivity index (χ0v) is 11.5. The van der Waals surface area contributed by atoms with Crippen LogP contribution in [0.5, 0.6) is 0 Å². The summed E-state index contributed by atoms with van der Waals surface area (Å²) in [6.07, 6.45) is 0.859. The van der Waals surface area contributed by atoms with Crippen molar-refractivity contribution in [1.82, 2.24) is 4.90 Å². The molecular formula is C12H12Cl2N2O3. The summed E-state index contributed by atoms with van der Waals surface area (Å²) in [5.41, 5.74) is 0.0679. The Hall–Kier alpha value is -1.33. The number of carbonyl (C=O) groups excluding carboxylic acids is 1. The van der Waals surface area contributed by atoms with Crippen LogP contribution in [-0.4, -0.2) is 34.7 Å². The van der Waals surface area contributed by atoms with Gasteiger partial charge in [0.1, 0.15) is 0 Å². The van der Waals surface area contributed by atoms with E-state index >= 15 is 0 Å². The van der Waals surface area contributed by atoms with Gasteiger partial charge < -0.3 is 4.90 Å². The lowest BCUT2D eigenvalue weighted by molar-refractivity contribution is -0.384. The summed E-state index contributed by atoms with van der Waals surface area (Å²) in [7, 11) is 0. The van der Waals surface area contributed by atoms with Crippen LogP contribution in [0.1, 0.15) is 16.8 Å². The molecule has 1 aromatic rings. The normalized spacial score (nSPS) is 18.6. The molecule has 0 spiro atoms. The van der Waals surface area contributed by atoms with Gasteiger partial charge in [-0.1, -0.05) is 11.6 Å². The second-order valence-electron chi connectivity index (χ2n) is 4.52. The molecule has 7 heteroatoms. The van der Waals surface area contributed by atoms with Gasteiger partial charge in [-0.3, -0.25) is 14.9 Å². The Balaban J connectivity index is 2.22. The number of halogens is 2. The lowest BCUT2D eigenvalue weighted by atomic mass is 10.1. The Morgan fingerprint density at radius 1 is 1.47 bits per heavy atom. The maximum absolute atomic E-state index is 12.2. The molecule has 0 radical (unpaired) electrons. The topological polar surface area (TPSA) is 63.4 Å². The summed E-state index contributed by atoms with van der Waals surface area (Å²) >= 11 is 11.6. The first kappa shape index (κ1) is 14.1. The van der Waals surface area contributed by atoms with Crippen LogP contribution >= 0.6 is 23.2 Å². The summed E-state index contributed by atoms with van der Waals surface area (Å²) < 4.78 is 0. The Morgan fingerprint density at radius 3 is 2.79 bits per heavy atom. The van der Waals surface area contributed by atoms with Crippen LogP contribution in [0.4, 0.5) is 5.69 Å². The highest BCUT2D eigenvalue weighted by molar-refractivity contribution is 6.31. The number of hydrogen-bond acceptors (Lipinski definition) is 3. The van der Waals surface area contributed by atoms with Gasteiger partial charge in [0.25, 0.3) is 11.6 Å². The van der Waals surface area contributed by atoms with Crippen LogP contribution < -0.4 is 0 Å².